The summed E-state index contributed by atoms with van der Waals surface area (Å²) in [6, 6.07) is 6.31. The summed E-state index contributed by atoms with van der Waals surface area (Å²) in [5, 5.41) is 3.31. The second kappa shape index (κ2) is 6.41. The molecule has 1 saturated carbocycles. The summed E-state index contributed by atoms with van der Waals surface area (Å²) in [7, 11) is -1.79. The molecule has 1 heterocycles. The molecule has 25 heavy (non-hydrogen) atoms. The fourth-order valence-corrected chi connectivity index (χ4v) is 3.81. The Balaban J connectivity index is 1.68. The van der Waals surface area contributed by atoms with Crippen LogP contribution in [0.25, 0.3) is 11.4 Å². The third-order valence-electron chi connectivity index (χ3n) is 3.90. The highest BCUT2D eigenvalue weighted by atomic mass is 32.2. The largest absolute Gasteiger partial charge is 0.471 e. The van der Waals surface area contributed by atoms with E-state index in [-0.39, 0.29) is 24.0 Å². The Bertz CT molecular complexity index is 843. The van der Waals surface area contributed by atoms with Crippen molar-refractivity contribution in [2.24, 2.45) is 5.92 Å². The lowest BCUT2D eigenvalue weighted by molar-refractivity contribution is -0.159. The Morgan fingerprint density at radius 2 is 1.88 bits per heavy atom. The fourth-order valence-electron chi connectivity index (χ4n) is 2.28. The SMILES string of the molecule is CN(Cc1ccc(-c2noc(C(F)(F)F)n2)cc1)S(=O)(=O)CC1CC1. The van der Waals surface area contributed by atoms with Gasteiger partial charge in [-0.05, 0) is 24.3 Å². The van der Waals surface area contributed by atoms with E-state index in [9.17, 15) is 21.6 Å². The molecule has 0 aliphatic heterocycles. The van der Waals surface area contributed by atoms with Crippen LogP contribution in [0.1, 0.15) is 24.3 Å². The van der Waals surface area contributed by atoms with Crippen molar-refractivity contribution in [2.75, 3.05) is 12.8 Å². The maximum absolute atomic E-state index is 12.5. The van der Waals surface area contributed by atoms with Crippen LogP contribution in [0, 0.1) is 5.92 Å². The molecular weight excluding hydrogens is 359 g/mol. The maximum Gasteiger partial charge on any atom is 0.471 e. The third kappa shape index (κ3) is 4.37. The standard InChI is InChI=1S/C15H16F3N3O3S/c1-21(25(22,23)9-11-2-3-11)8-10-4-6-12(7-5-10)13-19-14(24-20-13)15(16,17)18/h4-7,11H,2-3,8-9H2,1H3. The number of aromatic nitrogens is 2. The van der Waals surface area contributed by atoms with E-state index < -0.39 is 22.1 Å². The van der Waals surface area contributed by atoms with Crippen molar-refractivity contribution in [1.29, 1.82) is 0 Å². The van der Waals surface area contributed by atoms with Gasteiger partial charge in [0.15, 0.2) is 0 Å². The monoisotopic (exact) mass is 375 g/mol. The Labute approximate surface area is 142 Å². The molecule has 1 aromatic heterocycles. The minimum atomic E-state index is -4.69. The molecule has 6 nitrogen and oxygen atoms in total. The molecule has 1 aliphatic rings. The summed E-state index contributed by atoms with van der Waals surface area (Å²) >= 11 is 0. The lowest BCUT2D eigenvalue weighted by atomic mass is 10.1. The number of alkyl halides is 3. The van der Waals surface area contributed by atoms with E-state index in [4.69, 9.17) is 0 Å². The highest BCUT2D eigenvalue weighted by Gasteiger charge is 2.38. The summed E-state index contributed by atoms with van der Waals surface area (Å²) in [6.07, 6.45) is -2.79. The molecule has 0 spiro atoms. The van der Waals surface area contributed by atoms with E-state index in [1.165, 1.54) is 23.5 Å². The van der Waals surface area contributed by atoms with Crippen LogP contribution < -0.4 is 0 Å². The van der Waals surface area contributed by atoms with Crippen molar-refractivity contribution in [3.63, 3.8) is 0 Å². The first-order chi connectivity index (χ1) is 11.6. The summed E-state index contributed by atoms with van der Waals surface area (Å²) in [5.74, 6) is -1.16. The normalized spacial score (nSPS) is 15.7. The molecule has 0 atom stereocenters. The molecular formula is C15H16F3N3O3S. The van der Waals surface area contributed by atoms with Gasteiger partial charge in [0.1, 0.15) is 0 Å². The quantitative estimate of drug-likeness (QED) is 0.776. The minimum Gasteiger partial charge on any atom is -0.329 e. The zero-order valence-electron chi connectivity index (χ0n) is 13.3. The number of rotatable bonds is 6. The van der Waals surface area contributed by atoms with Crippen LogP contribution in [-0.4, -0.2) is 35.7 Å². The number of hydrogen-bond donors (Lipinski definition) is 0. The van der Waals surface area contributed by atoms with E-state index in [2.05, 4.69) is 14.7 Å². The van der Waals surface area contributed by atoms with Crippen molar-refractivity contribution in [1.82, 2.24) is 14.4 Å². The van der Waals surface area contributed by atoms with Crippen molar-refractivity contribution in [3.8, 4) is 11.4 Å². The average molecular weight is 375 g/mol. The summed E-state index contributed by atoms with van der Waals surface area (Å²) < 4.78 is 67.2. The van der Waals surface area contributed by atoms with Gasteiger partial charge in [-0.25, -0.2) is 12.7 Å². The zero-order chi connectivity index (χ0) is 18.2. The predicted octanol–water partition coefficient (Wildman–Crippen LogP) is 2.93. The second-order valence-corrected chi connectivity index (χ2v) is 8.22. The molecule has 0 radical (unpaired) electrons. The van der Waals surface area contributed by atoms with Crippen LogP contribution in [0.5, 0.6) is 0 Å². The zero-order valence-corrected chi connectivity index (χ0v) is 14.1. The summed E-state index contributed by atoms with van der Waals surface area (Å²) in [4.78, 5) is 3.31. The molecule has 0 saturated heterocycles. The Morgan fingerprint density at radius 3 is 2.40 bits per heavy atom. The highest BCUT2D eigenvalue weighted by molar-refractivity contribution is 7.89. The Kier molecular flexibility index (Phi) is 4.58. The molecule has 0 unspecified atom stereocenters. The molecule has 0 amide bonds. The van der Waals surface area contributed by atoms with Gasteiger partial charge in [0.05, 0.1) is 5.75 Å². The van der Waals surface area contributed by atoms with Crippen molar-refractivity contribution >= 4 is 10.0 Å². The molecule has 0 N–H and O–H groups in total. The first kappa shape index (κ1) is 17.9. The molecule has 1 aromatic carbocycles. The lowest BCUT2D eigenvalue weighted by Crippen LogP contribution is -2.29. The first-order valence-electron chi connectivity index (χ1n) is 7.59. The smallest absolute Gasteiger partial charge is 0.329 e. The van der Waals surface area contributed by atoms with Gasteiger partial charge in [0, 0.05) is 19.2 Å². The number of sulfonamides is 1. The number of halogens is 3. The van der Waals surface area contributed by atoms with Crippen molar-refractivity contribution in [3.05, 3.63) is 35.7 Å². The van der Waals surface area contributed by atoms with Gasteiger partial charge < -0.3 is 4.52 Å². The molecule has 0 bridgehead atoms. The van der Waals surface area contributed by atoms with Gasteiger partial charge in [-0.2, -0.15) is 18.2 Å². The molecule has 3 rings (SSSR count). The fraction of sp³-hybridized carbons (Fsp3) is 0.467. The molecule has 2 aromatic rings. The van der Waals surface area contributed by atoms with Crippen LogP contribution in [-0.2, 0) is 22.7 Å². The third-order valence-corrected chi connectivity index (χ3v) is 5.88. The average Bonchev–Trinajstić information content (AvgIpc) is 3.17. The van der Waals surface area contributed by atoms with Gasteiger partial charge in [-0.3, -0.25) is 0 Å². The van der Waals surface area contributed by atoms with Gasteiger partial charge in [-0.15, -0.1) is 0 Å². The summed E-state index contributed by atoms with van der Waals surface area (Å²) in [5.41, 5.74) is 1.07. The van der Waals surface area contributed by atoms with Crippen LogP contribution in [0.2, 0.25) is 0 Å². The van der Waals surface area contributed by atoms with E-state index in [0.29, 0.717) is 11.1 Å². The van der Waals surface area contributed by atoms with E-state index in [1.54, 1.807) is 12.1 Å². The van der Waals surface area contributed by atoms with Crippen LogP contribution in [0.15, 0.2) is 28.8 Å². The first-order valence-corrected chi connectivity index (χ1v) is 9.20. The van der Waals surface area contributed by atoms with Gasteiger partial charge in [0.25, 0.3) is 0 Å². The van der Waals surface area contributed by atoms with E-state index in [1.807, 2.05) is 0 Å². The molecule has 10 heteroatoms. The maximum atomic E-state index is 12.5. The van der Waals surface area contributed by atoms with E-state index in [0.717, 1.165) is 12.8 Å². The van der Waals surface area contributed by atoms with Gasteiger partial charge >= 0.3 is 12.1 Å². The minimum absolute atomic E-state index is 0.157. The second-order valence-electron chi connectivity index (χ2n) is 6.10. The Hall–Kier alpha value is -1.94. The van der Waals surface area contributed by atoms with Crippen LogP contribution in [0.4, 0.5) is 13.2 Å². The number of nitrogens with zero attached hydrogens (tertiary/aromatic N) is 3. The molecule has 1 aliphatic carbocycles. The van der Waals surface area contributed by atoms with Crippen LogP contribution >= 0.6 is 0 Å². The Morgan fingerprint density at radius 1 is 1.24 bits per heavy atom. The van der Waals surface area contributed by atoms with Crippen LogP contribution in [0.3, 0.4) is 0 Å². The highest BCUT2D eigenvalue weighted by Crippen LogP contribution is 2.31. The van der Waals surface area contributed by atoms with Crippen molar-refractivity contribution in [2.45, 2.75) is 25.6 Å². The topological polar surface area (TPSA) is 76.3 Å². The summed E-state index contributed by atoms with van der Waals surface area (Å²) in [6.45, 7) is 0.190. The van der Waals surface area contributed by atoms with Crippen molar-refractivity contribution < 1.29 is 26.1 Å². The van der Waals surface area contributed by atoms with Gasteiger partial charge in [0.2, 0.25) is 15.8 Å². The van der Waals surface area contributed by atoms with Gasteiger partial charge in [-0.1, -0.05) is 29.4 Å². The van der Waals surface area contributed by atoms with E-state index >= 15 is 0 Å². The predicted molar refractivity (Wildman–Crippen MR) is 82.7 cm³/mol. The lowest BCUT2D eigenvalue weighted by Gasteiger charge is -2.17. The number of benzene rings is 1. The molecule has 1 fully saturated rings. The number of hydrogen-bond acceptors (Lipinski definition) is 5. The molecule has 136 valence electrons.